The van der Waals surface area contributed by atoms with Crippen LogP contribution in [0.3, 0.4) is 0 Å². The van der Waals surface area contributed by atoms with E-state index in [4.69, 9.17) is 5.73 Å². The van der Waals surface area contributed by atoms with E-state index in [9.17, 15) is 4.79 Å². The average Bonchev–Trinajstić information content (AvgIpc) is 2.38. The Kier molecular flexibility index (Phi) is 5.47. The molecule has 0 saturated heterocycles. The van der Waals surface area contributed by atoms with Gasteiger partial charge in [0.25, 0.3) is 0 Å². The molecule has 1 fully saturated rings. The third-order valence-corrected chi connectivity index (χ3v) is 3.11. The SMILES string of the molecule is CC1CCCC(NCCNC(N)=O)CC1. The summed E-state index contributed by atoms with van der Waals surface area (Å²) in [5, 5.41) is 6.05. The van der Waals surface area contributed by atoms with Crippen molar-refractivity contribution in [3.63, 3.8) is 0 Å². The third-order valence-electron chi connectivity index (χ3n) is 3.11. The highest BCUT2D eigenvalue weighted by atomic mass is 16.2. The quantitative estimate of drug-likeness (QED) is 0.485. The number of nitrogens with one attached hydrogen (secondary N) is 2. The lowest BCUT2D eigenvalue weighted by atomic mass is 10.0. The lowest BCUT2D eigenvalue weighted by Crippen LogP contribution is -2.38. The summed E-state index contributed by atoms with van der Waals surface area (Å²) in [4.78, 5) is 10.4. The molecule has 0 radical (unpaired) electrons. The molecule has 1 aliphatic carbocycles. The van der Waals surface area contributed by atoms with Crippen molar-refractivity contribution in [1.82, 2.24) is 10.6 Å². The second-order valence-corrected chi connectivity index (χ2v) is 4.56. The van der Waals surface area contributed by atoms with Gasteiger partial charge in [0.15, 0.2) is 0 Å². The minimum atomic E-state index is -0.439. The van der Waals surface area contributed by atoms with E-state index in [2.05, 4.69) is 17.6 Å². The summed E-state index contributed by atoms with van der Waals surface area (Å²) < 4.78 is 0. The maximum Gasteiger partial charge on any atom is 0.312 e. The van der Waals surface area contributed by atoms with Crippen LogP contribution in [-0.4, -0.2) is 25.2 Å². The Hall–Kier alpha value is -0.770. The van der Waals surface area contributed by atoms with Crippen molar-refractivity contribution in [2.75, 3.05) is 13.1 Å². The van der Waals surface area contributed by atoms with E-state index in [1.807, 2.05) is 0 Å². The van der Waals surface area contributed by atoms with Gasteiger partial charge in [-0.1, -0.05) is 19.8 Å². The van der Waals surface area contributed by atoms with Crippen molar-refractivity contribution in [2.45, 2.75) is 45.1 Å². The van der Waals surface area contributed by atoms with Gasteiger partial charge in [-0.15, -0.1) is 0 Å². The second kappa shape index (κ2) is 6.67. The molecule has 2 amide bonds. The summed E-state index contributed by atoms with van der Waals surface area (Å²) in [6, 6.07) is 0.191. The Labute approximate surface area is 92.0 Å². The molecule has 0 spiro atoms. The van der Waals surface area contributed by atoms with Gasteiger partial charge in [-0.05, 0) is 25.2 Å². The molecule has 1 rings (SSSR count). The van der Waals surface area contributed by atoms with Crippen LogP contribution in [0.4, 0.5) is 4.79 Å². The van der Waals surface area contributed by atoms with Gasteiger partial charge in [0, 0.05) is 19.1 Å². The number of hydrogen-bond donors (Lipinski definition) is 3. The average molecular weight is 213 g/mol. The number of urea groups is 1. The van der Waals surface area contributed by atoms with E-state index < -0.39 is 6.03 Å². The van der Waals surface area contributed by atoms with Gasteiger partial charge in [0.1, 0.15) is 0 Å². The lowest BCUT2D eigenvalue weighted by Gasteiger charge is -2.16. The van der Waals surface area contributed by atoms with Crippen LogP contribution in [0, 0.1) is 5.92 Å². The number of carbonyl (C=O) groups is 1. The van der Waals surface area contributed by atoms with Crippen molar-refractivity contribution < 1.29 is 4.79 Å². The van der Waals surface area contributed by atoms with Gasteiger partial charge < -0.3 is 16.4 Å². The van der Waals surface area contributed by atoms with Crippen LogP contribution in [-0.2, 0) is 0 Å². The number of rotatable bonds is 4. The van der Waals surface area contributed by atoms with Crippen LogP contribution < -0.4 is 16.4 Å². The molecular weight excluding hydrogens is 190 g/mol. The molecule has 1 aliphatic rings. The molecular formula is C11H23N3O. The molecule has 2 atom stereocenters. The topological polar surface area (TPSA) is 67.2 Å². The zero-order valence-corrected chi connectivity index (χ0v) is 9.59. The van der Waals surface area contributed by atoms with Gasteiger partial charge >= 0.3 is 6.03 Å². The summed E-state index contributed by atoms with van der Waals surface area (Å²) in [5.41, 5.74) is 4.98. The molecule has 4 N–H and O–H groups in total. The molecule has 1 saturated carbocycles. The van der Waals surface area contributed by atoms with Crippen LogP contribution in [0.1, 0.15) is 39.0 Å². The Balaban J connectivity index is 2.07. The highest BCUT2D eigenvalue weighted by Gasteiger charge is 2.14. The smallest absolute Gasteiger partial charge is 0.312 e. The fraction of sp³-hybridized carbons (Fsp3) is 0.909. The normalized spacial score (nSPS) is 27.0. The van der Waals surface area contributed by atoms with Crippen LogP contribution >= 0.6 is 0 Å². The minimum Gasteiger partial charge on any atom is -0.352 e. The van der Waals surface area contributed by atoms with Gasteiger partial charge in [0.05, 0.1) is 0 Å². The first-order valence-corrected chi connectivity index (χ1v) is 5.95. The van der Waals surface area contributed by atoms with E-state index in [1.54, 1.807) is 0 Å². The summed E-state index contributed by atoms with van der Waals surface area (Å²) in [7, 11) is 0. The Bertz CT molecular complexity index is 196. The van der Waals surface area contributed by atoms with E-state index in [-0.39, 0.29) is 0 Å². The fourth-order valence-corrected chi connectivity index (χ4v) is 2.15. The van der Waals surface area contributed by atoms with Crippen molar-refractivity contribution in [3.05, 3.63) is 0 Å². The third kappa shape index (κ3) is 5.62. The zero-order valence-electron chi connectivity index (χ0n) is 9.59. The predicted octanol–water partition coefficient (Wildman–Crippen LogP) is 1.21. The van der Waals surface area contributed by atoms with Crippen molar-refractivity contribution in [2.24, 2.45) is 11.7 Å². The number of primary amides is 1. The molecule has 0 aromatic carbocycles. The Morgan fingerprint density at radius 3 is 2.80 bits per heavy atom. The zero-order chi connectivity index (χ0) is 11.1. The van der Waals surface area contributed by atoms with Crippen LogP contribution in [0.15, 0.2) is 0 Å². The van der Waals surface area contributed by atoms with Crippen LogP contribution in [0.25, 0.3) is 0 Å². The fourth-order valence-electron chi connectivity index (χ4n) is 2.15. The Morgan fingerprint density at radius 2 is 2.07 bits per heavy atom. The molecule has 4 heteroatoms. The summed E-state index contributed by atoms with van der Waals surface area (Å²) in [6.07, 6.45) is 6.53. The maximum absolute atomic E-state index is 10.4. The highest BCUT2D eigenvalue weighted by Crippen LogP contribution is 2.22. The number of hydrogen-bond acceptors (Lipinski definition) is 2. The first-order valence-electron chi connectivity index (χ1n) is 5.95. The lowest BCUT2D eigenvalue weighted by molar-refractivity contribution is 0.248. The molecule has 15 heavy (non-hydrogen) atoms. The van der Waals surface area contributed by atoms with Crippen molar-refractivity contribution in [1.29, 1.82) is 0 Å². The largest absolute Gasteiger partial charge is 0.352 e. The molecule has 0 aromatic rings. The van der Waals surface area contributed by atoms with Crippen LogP contribution in [0.5, 0.6) is 0 Å². The second-order valence-electron chi connectivity index (χ2n) is 4.56. The number of carbonyl (C=O) groups excluding carboxylic acids is 1. The standard InChI is InChI=1S/C11H23N3O/c1-9-3-2-4-10(6-5-9)13-7-8-14-11(12)15/h9-10,13H,2-8H2,1H3,(H3,12,14,15). The van der Waals surface area contributed by atoms with Crippen molar-refractivity contribution >= 4 is 6.03 Å². The highest BCUT2D eigenvalue weighted by molar-refractivity contribution is 5.71. The minimum absolute atomic E-state index is 0.439. The van der Waals surface area contributed by atoms with E-state index in [0.717, 1.165) is 12.5 Å². The van der Waals surface area contributed by atoms with Gasteiger partial charge in [0.2, 0.25) is 0 Å². The van der Waals surface area contributed by atoms with Crippen molar-refractivity contribution in [3.8, 4) is 0 Å². The number of nitrogens with two attached hydrogens (primary N) is 1. The Morgan fingerprint density at radius 1 is 1.27 bits per heavy atom. The van der Waals surface area contributed by atoms with Gasteiger partial charge in [-0.25, -0.2) is 4.79 Å². The molecule has 0 heterocycles. The van der Waals surface area contributed by atoms with E-state index in [0.29, 0.717) is 12.6 Å². The summed E-state index contributed by atoms with van der Waals surface area (Å²) >= 11 is 0. The van der Waals surface area contributed by atoms with E-state index in [1.165, 1.54) is 32.1 Å². The van der Waals surface area contributed by atoms with E-state index >= 15 is 0 Å². The van der Waals surface area contributed by atoms with Gasteiger partial charge in [-0.3, -0.25) is 0 Å². The molecule has 0 aliphatic heterocycles. The summed E-state index contributed by atoms with van der Waals surface area (Å²) in [6.45, 7) is 3.78. The molecule has 0 aromatic heterocycles. The molecule has 88 valence electrons. The molecule has 2 unspecified atom stereocenters. The van der Waals surface area contributed by atoms with Gasteiger partial charge in [-0.2, -0.15) is 0 Å². The number of amides is 2. The molecule has 0 bridgehead atoms. The van der Waals surface area contributed by atoms with Crippen LogP contribution in [0.2, 0.25) is 0 Å². The molecule has 4 nitrogen and oxygen atoms in total. The first kappa shape index (κ1) is 12.3. The monoisotopic (exact) mass is 213 g/mol. The predicted molar refractivity (Wildman–Crippen MR) is 61.6 cm³/mol. The maximum atomic E-state index is 10.4. The first-order chi connectivity index (χ1) is 7.18. The summed E-state index contributed by atoms with van der Waals surface area (Å²) in [5.74, 6) is 0.876.